The number of aromatic nitrogens is 2. The molecule has 2 fully saturated rings. The van der Waals surface area contributed by atoms with Gasteiger partial charge in [-0.15, -0.1) is 0 Å². The van der Waals surface area contributed by atoms with Crippen molar-refractivity contribution in [1.29, 1.82) is 5.26 Å². The molecule has 5 nitrogen and oxygen atoms in total. The standard InChI is InChI=1S/C18H20N4O/c19-12-14-10-13-4-3-8-20-16(13)22-17(14)21-15-5-9-23-18(11-15)6-1-2-7-18/h3-4,8,10,15H,1-2,5-7,9,11H2,(H,20,21,22). The first-order chi connectivity index (χ1) is 11.3. The summed E-state index contributed by atoms with van der Waals surface area (Å²) < 4.78 is 6.08. The molecule has 5 heteroatoms. The van der Waals surface area contributed by atoms with Gasteiger partial charge >= 0.3 is 0 Å². The van der Waals surface area contributed by atoms with Crippen LogP contribution in [0.4, 0.5) is 5.82 Å². The van der Waals surface area contributed by atoms with Crippen molar-refractivity contribution in [2.75, 3.05) is 11.9 Å². The third-order valence-corrected chi connectivity index (χ3v) is 5.06. The average molecular weight is 308 g/mol. The number of hydrogen-bond acceptors (Lipinski definition) is 5. The number of ether oxygens (including phenoxy) is 1. The van der Waals surface area contributed by atoms with Gasteiger partial charge in [-0.1, -0.05) is 12.8 Å². The minimum Gasteiger partial charge on any atom is -0.375 e. The Morgan fingerprint density at radius 3 is 3.04 bits per heavy atom. The molecule has 1 aliphatic heterocycles. The second kappa shape index (κ2) is 5.78. The van der Waals surface area contributed by atoms with E-state index in [1.807, 2.05) is 18.2 Å². The first-order valence-electron chi connectivity index (χ1n) is 8.34. The Labute approximate surface area is 135 Å². The summed E-state index contributed by atoms with van der Waals surface area (Å²) in [5, 5.41) is 13.8. The van der Waals surface area contributed by atoms with Gasteiger partial charge in [-0.25, -0.2) is 9.97 Å². The Hall–Kier alpha value is -2.19. The van der Waals surface area contributed by atoms with E-state index in [-0.39, 0.29) is 5.60 Å². The predicted octanol–water partition coefficient (Wildman–Crippen LogP) is 3.41. The molecular formula is C18H20N4O. The summed E-state index contributed by atoms with van der Waals surface area (Å²) in [4.78, 5) is 8.87. The van der Waals surface area contributed by atoms with Crippen LogP contribution in [-0.2, 0) is 4.74 Å². The minimum atomic E-state index is 0.0534. The number of hydrogen-bond donors (Lipinski definition) is 1. The van der Waals surface area contributed by atoms with E-state index in [0.29, 0.717) is 23.1 Å². The molecule has 1 spiro atoms. The summed E-state index contributed by atoms with van der Waals surface area (Å²) in [6.07, 6.45) is 8.51. The number of nitrogens with zero attached hydrogens (tertiary/aromatic N) is 3. The molecule has 118 valence electrons. The van der Waals surface area contributed by atoms with Gasteiger partial charge in [0.25, 0.3) is 0 Å². The highest BCUT2D eigenvalue weighted by Crippen LogP contribution is 2.40. The van der Waals surface area contributed by atoms with Gasteiger partial charge in [0.2, 0.25) is 0 Å². The monoisotopic (exact) mass is 308 g/mol. The fourth-order valence-electron chi connectivity index (χ4n) is 3.91. The van der Waals surface area contributed by atoms with Gasteiger partial charge in [-0.3, -0.25) is 0 Å². The highest BCUT2D eigenvalue weighted by molar-refractivity contribution is 5.79. The van der Waals surface area contributed by atoms with Crippen molar-refractivity contribution < 1.29 is 4.74 Å². The molecule has 1 N–H and O–H groups in total. The van der Waals surface area contributed by atoms with Gasteiger partial charge in [0.1, 0.15) is 11.9 Å². The third kappa shape index (κ3) is 2.75. The average Bonchev–Trinajstić information content (AvgIpc) is 3.02. The van der Waals surface area contributed by atoms with Crippen LogP contribution >= 0.6 is 0 Å². The maximum absolute atomic E-state index is 9.44. The largest absolute Gasteiger partial charge is 0.375 e. The van der Waals surface area contributed by atoms with E-state index in [9.17, 15) is 5.26 Å². The van der Waals surface area contributed by atoms with Gasteiger partial charge < -0.3 is 10.1 Å². The number of pyridine rings is 2. The molecule has 1 aliphatic carbocycles. The molecule has 0 aromatic carbocycles. The first-order valence-corrected chi connectivity index (χ1v) is 8.34. The van der Waals surface area contributed by atoms with Crippen LogP contribution in [0.3, 0.4) is 0 Å². The van der Waals surface area contributed by atoms with Crippen LogP contribution in [0.15, 0.2) is 24.4 Å². The lowest BCUT2D eigenvalue weighted by Gasteiger charge is -2.38. The van der Waals surface area contributed by atoms with Crippen LogP contribution in [0.1, 0.15) is 44.1 Å². The first kappa shape index (κ1) is 14.4. The Bertz CT molecular complexity index is 761. The fourth-order valence-corrected chi connectivity index (χ4v) is 3.91. The van der Waals surface area contributed by atoms with Crippen molar-refractivity contribution in [2.24, 2.45) is 0 Å². The van der Waals surface area contributed by atoms with E-state index >= 15 is 0 Å². The topological polar surface area (TPSA) is 70.8 Å². The Morgan fingerprint density at radius 1 is 1.35 bits per heavy atom. The zero-order chi connectivity index (χ0) is 15.7. The SMILES string of the molecule is N#Cc1cc2cccnc2nc1NC1CCOC2(CCCC2)C1. The molecule has 1 saturated carbocycles. The Balaban J connectivity index is 1.60. The zero-order valence-electron chi connectivity index (χ0n) is 13.1. The number of nitrogens with one attached hydrogen (secondary N) is 1. The Kier molecular flexibility index (Phi) is 3.62. The summed E-state index contributed by atoms with van der Waals surface area (Å²) >= 11 is 0. The smallest absolute Gasteiger partial charge is 0.161 e. The third-order valence-electron chi connectivity index (χ3n) is 5.06. The number of rotatable bonds is 2. The maximum Gasteiger partial charge on any atom is 0.161 e. The molecule has 1 unspecified atom stereocenters. The lowest BCUT2D eigenvalue weighted by atomic mass is 9.89. The quantitative estimate of drug-likeness (QED) is 0.920. The van der Waals surface area contributed by atoms with E-state index in [0.717, 1.165) is 37.7 Å². The maximum atomic E-state index is 9.44. The van der Waals surface area contributed by atoms with Crippen molar-refractivity contribution >= 4 is 16.9 Å². The Morgan fingerprint density at radius 2 is 2.22 bits per heavy atom. The van der Waals surface area contributed by atoms with Crippen LogP contribution in [0.25, 0.3) is 11.0 Å². The van der Waals surface area contributed by atoms with E-state index < -0.39 is 0 Å². The highest BCUT2D eigenvalue weighted by Gasteiger charge is 2.40. The molecule has 0 radical (unpaired) electrons. The lowest BCUT2D eigenvalue weighted by molar-refractivity contribution is -0.0767. The van der Waals surface area contributed by atoms with Gasteiger partial charge in [0, 0.05) is 24.2 Å². The summed E-state index contributed by atoms with van der Waals surface area (Å²) in [5.74, 6) is 0.652. The van der Waals surface area contributed by atoms with Crippen molar-refractivity contribution in [3.8, 4) is 6.07 Å². The van der Waals surface area contributed by atoms with Gasteiger partial charge in [-0.05, 0) is 43.9 Å². The van der Waals surface area contributed by atoms with Gasteiger partial charge in [0.15, 0.2) is 5.65 Å². The summed E-state index contributed by atoms with van der Waals surface area (Å²) in [6.45, 7) is 0.783. The number of anilines is 1. The summed E-state index contributed by atoms with van der Waals surface area (Å²) in [7, 11) is 0. The molecule has 1 atom stereocenters. The molecule has 23 heavy (non-hydrogen) atoms. The molecule has 2 aromatic heterocycles. The van der Waals surface area contributed by atoms with E-state index in [1.54, 1.807) is 6.20 Å². The predicted molar refractivity (Wildman–Crippen MR) is 88.0 cm³/mol. The second-order valence-electron chi connectivity index (χ2n) is 6.62. The molecule has 0 bridgehead atoms. The van der Waals surface area contributed by atoms with Gasteiger partial charge in [0.05, 0.1) is 11.2 Å². The summed E-state index contributed by atoms with van der Waals surface area (Å²) in [5.41, 5.74) is 1.31. The summed E-state index contributed by atoms with van der Waals surface area (Å²) in [6, 6.07) is 8.22. The molecule has 3 heterocycles. The molecule has 1 saturated heterocycles. The van der Waals surface area contributed by atoms with Crippen molar-refractivity contribution in [3.05, 3.63) is 30.0 Å². The van der Waals surface area contributed by atoms with Crippen LogP contribution in [0.2, 0.25) is 0 Å². The number of nitriles is 1. The van der Waals surface area contributed by atoms with E-state index in [4.69, 9.17) is 4.74 Å². The molecular weight excluding hydrogens is 288 g/mol. The van der Waals surface area contributed by atoms with E-state index in [1.165, 1.54) is 12.8 Å². The van der Waals surface area contributed by atoms with Gasteiger partial charge in [-0.2, -0.15) is 5.26 Å². The van der Waals surface area contributed by atoms with Crippen LogP contribution in [-0.4, -0.2) is 28.2 Å². The minimum absolute atomic E-state index is 0.0534. The molecule has 4 rings (SSSR count). The van der Waals surface area contributed by atoms with Crippen LogP contribution in [0.5, 0.6) is 0 Å². The van der Waals surface area contributed by atoms with Crippen LogP contribution < -0.4 is 5.32 Å². The van der Waals surface area contributed by atoms with Crippen molar-refractivity contribution in [1.82, 2.24) is 9.97 Å². The normalized spacial score (nSPS) is 23.0. The van der Waals surface area contributed by atoms with Crippen molar-refractivity contribution in [3.63, 3.8) is 0 Å². The molecule has 0 amide bonds. The molecule has 2 aliphatic rings. The van der Waals surface area contributed by atoms with E-state index in [2.05, 4.69) is 21.4 Å². The highest BCUT2D eigenvalue weighted by atomic mass is 16.5. The second-order valence-corrected chi connectivity index (χ2v) is 6.62. The fraction of sp³-hybridized carbons (Fsp3) is 0.500. The van der Waals surface area contributed by atoms with Crippen molar-refractivity contribution in [2.45, 2.75) is 50.2 Å². The zero-order valence-corrected chi connectivity index (χ0v) is 13.1. The van der Waals surface area contributed by atoms with Crippen LogP contribution in [0, 0.1) is 11.3 Å². The number of fused-ring (bicyclic) bond motifs is 1. The molecule has 2 aromatic rings. The lowest BCUT2D eigenvalue weighted by Crippen LogP contribution is -2.42.